The van der Waals surface area contributed by atoms with Crippen molar-refractivity contribution in [2.45, 2.75) is 12.6 Å². The van der Waals surface area contributed by atoms with Gasteiger partial charge in [0.15, 0.2) is 11.5 Å². The first-order valence-electron chi connectivity index (χ1n) is 11.5. The van der Waals surface area contributed by atoms with E-state index >= 15 is 0 Å². The summed E-state index contributed by atoms with van der Waals surface area (Å²) in [6.07, 6.45) is 0. The van der Waals surface area contributed by atoms with Crippen molar-refractivity contribution in [1.82, 2.24) is 16.0 Å². The van der Waals surface area contributed by atoms with Crippen LogP contribution >= 0.6 is 11.6 Å². The Balaban J connectivity index is 1.61. The summed E-state index contributed by atoms with van der Waals surface area (Å²) in [7, 11) is 2.86. The van der Waals surface area contributed by atoms with E-state index in [1.165, 1.54) is 62.8 Å². The number of aromatic hydroxyl groups is 1. The molecule has 3 aromatic carbocycles. The van der Waals surface area contributed by atoms with E-state index in [0.29, 0.717) is 17.1 Å². The predicted molar refractivity (Wildman–Crippen MR) is 141 cm³/mol. The van der Waals surface area contributed by atoms with Crippen LogP contribution in [0, 0.1) is 0 Å². The Labute approximate surface area is 228 Å². The molecule has 11 nitrogen and oxygen atoms in total. The SMILES string of the molecule is COc1ccc(C(=O)NC[C@H](NC(=O)c2ccc(C(=O)NCc3cccc(O)c3)cc2Cl)C(=O)O)cc1OC. The number of amides is 3. The van der Waals surface area contributed by atoms with Gasteiger partial charge in [-0.1, -0.05) is 23.7 Å². The molecule has 0 spiro atoms. The molecule has 3 rings (SSSR count). The summed E-state index contributed by atoms with van der Waals surface area (Å²) < 4.78 is 10.3. The number of halogens is 1. The highest BCUT2D eigenvalue weighted by Crippen LogP contribution is 2.27. The van der Waals surface area contributed by atoms with Gasteiger partial charge in [-0.3, -0.25) is 14.4 Å². The minimum atomic E-state index is -1.47. The fourth-order valence-corrected chi connectivity index (χ4v) is 3.77. The van der Waals surface area contributed by atoms with Crippen molar-refractivity contribution in [3.63, 3.8) is 0 Å². The lowest BCUT2D eigenvalue weighted by Crippen LogP contribution is -2.48. The number of rotatable bonds is 11. The van der Waals surface area contributed by atoms with Crippen molar-refractivity contribution in [1.29, 1.82) is 0 Å². The number of phenolic OH excluding ortho intramolecular Hbond substituents is 1. The number of carbonyl (C=O) groups excluding carboxylic acids is 3. The molecule has 0 heterocycles. The lowest BCUT2D eigenvalue weighted by molar-refractivity contribution is -0.139. The number of nitrogens with one attached hydrogen (secondary N) is 3. The molecule has 0 aliphatic carbocycles. The van der Waals surface area contributed by atoms with Gasteiger partial charge in [-0.05, 0) is 54.1 Å². The highest BCUT2D eigenvalue weighted by atomic mass is 35.5. The second-order valence-corrected chi connectivity index (χ2v) is 8.60. The highest BCUT2D eigenvalue weighted by molar-refractivity contribution is 6.34. The van der Waals surface area contributed by atoms with Crippen LogP contribution in [0.2, 0.25) is 5.02 Å². The van der Waals surface area contributed by atoms with Gasteiger partial charge < -0.3 is 35.6 Å². The van der Waals surface area contributed by atoms with Crippen LogP contribution in [0.1, 0.15) is 36.6 Å². The van der Waals surface area contributed by atoms with Crippen molar-refractivity contribution in [2.24, 2.45) is 0 Å². The smallest absolute Gasteiger partial charge is 0.328 e. The van der Waals surface area contributed by atoms with Crippen molar-refractivity contribution in [3.8, 4) is 17.2 Å². The van der Waals surface area contributed by atoms with E-state index < -0.39 is 36.3 Å². The van der Waals surface area contributed by atoms with Gasteiger partial charge in [0.05, 0.1) is 24.8 Å². The average molecular weight is 556 g/mol. The summed E-state index contributed by atoms with van der Waals surface area (Å²) in [6, 6.07) is 13.3. The van der Waals surface area contributed by atoms with E-state index in [1.54, 1.807) is 12.1 Å². The monoisotopic (exact) mass is 555 g/mol. The van der Waals surface area contributed by atoms with Crippen LogP contribution in [0.4, 0.5) is 0 Å². The largest absolute Gasteiger partial charge is 0.508 e. The van der Waals surface area contributed by atoms with Crippen LogP contribution < -0.4 is 25.4 Å². The van der Waals surface area contributed by atoms with Crippen molar-refractivity contribution >= 4 is 35.3 Å². The molecule has 0 bridgehead atoms. The molecule has 1 atom stereocenters. The standard InChI is InChI=1S/C27H26ClN3O8/c1-38-22-9-7-17(12-23(22)39-2)25(34)30-14-21(27(36)37)31-26(35)19-8-6-16(11-20(19)28)24(33)29-13-15-4-3-5-18(32)10-15/h3-12,21,32H,13-14H2,1-2H3,(H,29,33)(H,30,34)(H,31,35)(H,36,37)/t21-/m0/s1. The lowest BCUT2D eigenvalue weighted by atomic mass is 10.1. The number of carboxylic acids is 1. The summed E-state index contributed by atoms with van der Waals surface area (Å²) in [5.74, 6) is -2.43. The number of benzene rings is 3. The number of phenols is 1. The number of carboxylic acid groups (broad SMARTS) is 1. The Bertz CT molecular complexity index is 1400. The first kappa shape index (κ1) is 28.8. The van der Waals surface area contributed by atoms with E-state index in [0.717, 1.165) is 0 Å². The Morgan fingerprint density at radius 3 is 2.15 bits per heavy atom. The summed E-state index contributed by atoms with van der Waals surface area (Å²) in [4.78, 5) is 49.5. The second kappa shape index (κ2) is 13.2. The average Bonchev–Trinajstić information content (AvgIpc) is 2.92. The number of ether oxygens (including phenoxy) is 2. The van der Waals surface area contributed by atoms with Gasteiger partial charge in [-0.15, -0.1) is 0 Å². The van der Waals surface area contributed by atoms with Gasteiger partial charge in [0.25, 0.3) is 17.7 Å². The number of aliphatic carboxylic acids is 1. The summed E-state index contributed by atoms with van der Waals surface area (Å²) >= 11 is 6.22. The van der Waals surface area contributed by atoms with Crippen LogP contribution in [-0.4, -0.2) is 60.7 Å². The molecule has 3 aromatic rings. The lowest BCUT2D eigenvalue weighted by Gasteiger charge is -2.16. The van der Waals surface area contributed by atoms with Gasteiger partial charge in [0.2, 0.25) is 0 Å². The van der Waals surface area contributed by atoms with Crippen molar-refractivity contribution in [2.75, 3.05) is 20.8 Å². The maximum Gasteiger partial charge on any atom is 0.328 e. The summed E-state index contributed by atoms with van der Waals surface area (Å²) in [5, 5.41) is 26.5. The first-order chi connectivity index (χ1) is 18.6. The number of methoxy groups -OCH3 is 2. The molecular formula is C27H26ClN3O8. The Hall–Kier alpha value is -4.77. The fraction of sp³-hybridized carbons (Fsp3) is 0.185. The van der Waals surface area contributed by atoms with E-state index in [2.05, 4.69) is 16.0 Å². The third-order valence-corrected chi connectivity index (χ3v) is 5.87. The zero-order valence-electron chi connectivity index (χ0n) is 21.0. The third-order valence-electron chi connectivity index (χ3n) is 5.56. The predicted octanol–water partition coefficient (Wildman–Crippen LogP) is 2.61. The number of hydrogen-bond acceptors (Lipinski definition) is 7. The molecule has 0 fully saturated rings. The molecule has 12 heteroatoms. The van der Waals surface area contributed by atoms with Crippen LogP contribution in [0.15, 0.2) is 60.7 Å². The third kappa shape index (κ3) is 7.62. The van der Waals surface area contributed by atoms with E-state index in [4.69, 9.17) is 21.1 Å². The van der Waals surface area contributed by atoms with Gasteiger partial charge in [0, 0.05) is 24.2 Å². The molecule has 0 aliphatic rings. The molecule has 0 radical (unpaired) electrons. The molecule has 3 amide bonds. The summed E-state index contributed by atoms with van der Waals surface area (Å²) in [6.45, 7) is -0.260. The highest BCUT2D eigenvalue weighted by Gasteiger charge is 2.24. The van der Waals surface area contributed by atoms with Crippen LogP contribution in [-0.2, 0) is 11.3 Å². The molecule has 0 unspecified atom stereocenters. The van der Waals surface area contributed by atoms with Crippen LogP contribution in [0.5, 0.6) is 17.2 Å². The fourth-order valence-electron chi connectivity index (χ4n) is 3.50. The molecule has 204 valence electrons. The molecule has 5 N–H and O–H groups in total. The molecular weight excluding hydrogens is 530 g/mol. The van der Waals surface area contributed by atoms with Crippen LogP contribution in [0.25, 0.3) is 0 Å². The normalized spacial score (nSPS) is 11.2. The molecule has 0 aliphatic heterocycles. The Morgan fingerprint density at radius 1 is 0.846 bits per heavy atom. The van der Waals surface area contributed by atoms with Gasteiger partial charge in [-0.25, -0.2) is 4.79 Å². The molecule has 0 saturated heterocycles. The number of carbonyl (C=O) groups is 4. The topological polar surface area (TPSA) is 163 Å². The van der Waals surface area contributed by atoms with Gasteiger partial charge in [0.1, 0.15) is 11.8 Å². The van der Waals surface area contributed by atoms with Gasteiger partial charge in [-0.2, -0.15) is 0 Å². The second-order valence-electron chi connectivity index (χ2n) is 8.19. The number of hydrogen-bond donors (Lipinski definition) is 5. The van der Waals surface area contributed by atoms with Crippen molar-refractivity contribution < 1.29 is 38.9 Å². The molecule has 39 heavy (non-hydrogen) atoms. The maximum atomic E-state index is 12.7. The summed E-state index contributed by atoms with van der Waals surface area (Å²) in [5.41, 5.74) is 1.000. The maximum absolute atomic E-state index is 12.7. The first-order valence-corrected chi connectivity index (χ1v) is 11.9. The van der Waals surface area contributed by atoms with E-state index in [1.807, 2.05) is 0 Å². The Kier molecular flexibility index (Phi) is 9.71. The van der Waals surface area contributed by atoms with E-state index in [-0.39, 0.29) is 34.0 Å². The minimum absolute atomic E-state index is 0.0568. The zero-order chi connectivity index (χ0) is 28.5. The quantitative estimate of drug-likeness (QED) is 0.241. The van der Waals surface area contributed by atoms with Crippen molar-refractivity contribution in [3.05, 3.63) is 87.9 Å². The van der Waals surface area contributed by atoms with Crippen LogP contribution in [0.3, 0.4) is 0 Å². The molecule has 0 saturated carbocycles. The minimum Gasteiger partial charge on any atom is -0.508 e. The molecule has 0 aromatic heterocycles. The van der Waals surface area contributed by atoms with E-state index in [9.17, 15) is 29.4 Å². The zero-order valence-corrected chi connectivity index (χ0v) is 21.7. The Morgan fingerprint density at radius 2 is 1.51 bits per heavy atom. The van der Waals surface area contributed by atoms with Gasteiger partial charge >= 0.3 is 5.97 Å².